The largest absolute Gasteiger partial charge is 0.335 e. The Balaban J connectivity index is 1.56. The molecule has 1 aliphatic rings. The summed E-state index contributed by atoms with van der Waals surface area (Å²) in [6.07, 6.45) is 0.189. The van der Waals surface area contributed by atoms with Crippen molar-refractivity contribution < 1.29 is 14.4 Å². The van der Waals surface area contributed by atoms with Gasteiger partial charge in [-0.05, 0) is 36.8 Å². The summed E-state index contributed by atoms with van der Waals surface area (Å²) in [6, 6.07) is 26.3. The summed E-state index contributed by atoms with van der Waals surface area (Å²) >= 11 is 1.46. The van der Waals surface area contributed by atoms with Gasteiger partial charge in [-0.1, -0.05) is 60.7 Å². The minimum atomic E-state index is -0.488. The van der Waals surface area contributed by atoms with Gasteiger partial charge in [0.1, 0.15) is 5.25 Å². The van der Waals surface area contributed by atoms with Crippen molar-refractivity contribution in [3.63, 3.8) is 0 Å². The van der Waals surface area contributed by atoms with Crippen LogP contribution in [0.5, 0.6) is 0 Å². The fourth-order valence-electron chi connectivity index (χ4n) is 4.05. The number of likely N-dealkylation sites (N-methyl/N-ethyl adjacent to an activating group) is 1. The van der Waals surface area contributed by atoms with E-state index in [0.29, 0.717) is 11.4 Å². The van der Waals surface area contributed by atoms with Gasteiger partial charge < -0.3 is 15.1 Å². The van der Waals surface area contributed by atoms with Crippen molar-refractivity contribution in [2.45, 2.75) is 29.5 Å². The summed E-state index contributed by atoms with van der Waals surface area (Å²) in [5, 5.41) is 2.38. The Kier molecular flexibility index (Phi) is 7.33. The Hall–Kier alpha value is -3.58. The Morgan fingerprint density at radius 2 is 1.62 bits per heavy atom. The predicted octanol–water partition coefficient (Wildman–Crippen LogP) is 4.74. The van der Waals surface area contributed by atoms with Gasteiger partial charge in [-0.3, -0.25) is 14.4 Å². The van der Waals surface area contributed by atoms with Gasteiger partial charge in [-0.15, -0.1) is 11.8 Å². The summed E-state index contributed by atoms with van der Waals surface area (Å²) in [6.45, 7) is 1.75. The lowest BCUT2D eigenvalue weighted by molar-refractivity contribution is -0.133. The SMILES string of the molecule is C[C@H]1CC(=O)Nc2ccccc2N1C(=O)CN(C)C(=O)[C@H](Sc1ccccc1)c1ccccc1. The van der Waals surface area contributed by atoms with Crippen LogP contribution >= 0.6 is 11.8 Å². The van der Waals surface area contributed by atoms with Crippen LogP contribution in [0.3, 0.4) is 0 Å². The third-order valence-corrected chi connectivity index (χ3v) is 6.95. The second-order valence-electron chi connectivity index (χ2n) is 8.30. The number of hydrogen-bond acceptors (Lipinski definition) is 4. The molecule has 6 nitrogen and oxygen atoms in total. The monoisotopic (exact) mass is 473 g/mol. The van der Waals surface area contributed by atoms with Gasteiger partial charge in [0, 0.05) is 24.4 Å². The second-order valence-corrected chi connectivity index (χ2v) is 9.48. The first-order valence-electron chi connectivity index (χ1n) is 11.2. The topological polar surface area (TPSA) is 69.7 Å². The van der Waals surface area contributed by atoms with Crippen LogP contribution in [0.15, 0.2) is 89.8 Å². The first kappa shape index (κ1) is 23.6. The molecule has 0 aromatic heterocycles. The number of hydrogen-bond donors (Lipinski definition) is 1. The molecule has 174 valence electrons. The van der Waals surface area contributed by atoms with E-state index >= 15 is 0 Å². The molecule has 0 saturated carbocycles. The van der Waals surface area contributed by atoms with E-state index in [1.54, 1.807) is 18.0 Å². The lowest BCUT2D eigenvalue weighted by Gasteiger charge is -2.30. The number of thioether (sulfide) groups is 1. The van der Waals surface area contributed by atoms with E-state index in [-0.39, 0.29) is 36.7 Å². The highest BCUT2D eigenvalue weighted by atomic mass is 32.2. The molecule has 0 unspecified atom stereocenters. The molecule has 0 spiro atoms. The fourth-order valence-corrected chi connectivity index (χ4v) is 5.21. The number of amides is 3. The molecule has 1 aliphatic heterocycles. The van der Waals surface area contributed by atoms with E-state index in [1.165, 1.54) is 16.7 Å². The highest BCUT2D eigenvalue weighted by Crippen LogP contribution is 2.37. The fraction of sp³-hybridized carbons (Fsp3) is 0.222. The Labute approximate surface area is 204 Å². The first-order valence-corrected chi connectivity index (χ1v) is 12.0. The average Bonchev–Trinajstić information content (AvgIpc) is 2.97. The van der Waals surface area contributed by atoms with Crippen molar-refractivity contribution in [2.75, 3.05) is 23.8 Å². The zero-order chi connectivity index (χ0) is 24.1. The lowest BCUT2D eigenvalue weighted by Crippen LogP contribution is -2.46. The molecule has 0 saturated heterocycles. The summed E-state index contributed by atoms with van der Waals surface area (Å²) in [5.74, 6) is -0.523. The number of fused-ring (bicyclic) bond motifs is 1. The van der Waals surface area contributed by atoms with E-state index < -0.39 is 5.25 Å². The maximum atomic E-state index is 13.6. The third-order valence-electron chi connectivity index (χ3n) is 5.70. The molecular formula is C27H27N3O3S. The number of benzene rings is 3. The van der Waals surface area contributed by atoms with E-state index in [1.807, 2.05) is 85.8 Å². The Bertz CT molecular complexity index is 1170. The van der Waals surface area contributed by atoms with Crippen LogP contribution in [-0.2, 0) is 14.4 Å². The highest BCUT2D eigenvalue weighted by molar-refractivity contribution is 8.00. The van der Waals surface area contributed by atoms with Crippen LogP contribution in [0.25, 0.3) is 0 Å². The van der Waals surface area contributed by atoms with E-state index in [9.17, 15) is 14.4 Å². The highest BCUT2D eigenvalue weighted by Gasteiger charge is 2.32. The minimum Gasteiger partial charge on any atom is -0.335 e. The molecule has 3 aromatic carbocycles. The van der Waals surface area contributed by atoms with Crippen LogP contribution in [0.2, 0.25) is 0 Å². The summed E-state index contributed by atoms with van der Waals surface area (Å²) in [4.78, 5) is 43.4. The number of nitrogens with zero attached hydrogens (tertiary/aromatic N) is 2. The molecule has 7 heteroatoms. The van der Waals surface area contributed by atoms with Crippen LogP contribution in [0.1, 0.15) is 24.2 Å². The van der Waals surface area contributed by atoms with Crippen molar-refractivity contribution in [3.05, 3.63) is 90.5 Å². The molecule has 1 N–H and O–H groups in total. The first-order chi connectivity index (χ1) is 16.4. The van der Waals surface area contributed by atoms with Gasteiger partial charge in [0.05, 0.1) is 17.9 Å². The number of nitrogens with one attached hydrogen (secondary N) is 1. The molecular weight excluding hydrogens is 446 g/mol. The van der Waals surface area contributed by atoms with Crippen molar-refractivity contribution in [1.29, 1.82) is 0 Å². The summed E-state index contributed by atoms with van der Waals surface area (Å²) in [5.41, 5.74) is 2.12. The number of carbonyl (C=O) groups excluding carboxylic acids is 3. The van der Waals surface area contributed by atoms with Gasteiger partial charge in [0.15, 0.2) is 0 Å². The standard InChI is InChI=1S/C27H27N3O3S/c1-19-17-24(31)28-22-15-9-10-16-23(22)30(19)25(32)18-29(2)27(33)26(20-11-5-3-6-12-20)34-21-13-7-4-8-14-21/h3-16,19,26H,17-18H2,1-2H3,(H,28,31)/t19-,26+/m0/s1. The molecule has 0 aliphatic carbocycles. The van der Waals surface area contributed by atoms with E-state index in [2.05, 4.69) is 5.32 Å². The molecule has 0 fully saturated rings. The molecule has 2 atom stereocenters. The minimum absolute atomic E-state index is 0.0929. The number of carbonyl (C=O) groups is 3. The smallest absolute Gasteiger partial charge is 0.246 e. The predicted molar refractivity (Wildman–Crippen MR) is 136 cm³/mol. The van der Waals surface area contributed by atoms with Gasteiger partial charge in [0.25, 0.3) is 0 Å². The molecule has 4 rings (SSSR count). The molecule has 3 aromatic rings. The molecule has 3 amide bonds. The van der Waals surface area contributed by atoms with Gasteiger partial charge in [0.2, 0.25) is 17.7 Å². The van der Waals surface area contributed by atoms with Crippen molar-refractivity contribution >= 4 is 40.9 Å². The van der Waals surface area contributed by atoms with Crippen molar-refractivity contribution in [3.8, 4) is 0 Å². The number of para-hydroxylation sites is 2. The van der Waals surface area contributed by atoms with Crippen molar-refractivity contribution in [1.82, 2.24) is 4.90 Å². The van der Waals surface area contributed by atoms with Crippen LogP contribution in [-0.4, -0.2) is 42.3 Å². The van der Waals surface area contributed by atoms with Gasteiger partial charge in [-0.25, -0.2) is 0 Å². The maximum absolute atomic E-state index is 13.6. The number of anilines is 2. The van der Waals surface area contributed by atoms with Gasteiger partial charge in [-0.2, -0.15) is 0 Å². The quantitative estimate of drug-likeness (QED) is 0.525. The lowest BCUT2D eigenvalue weighted by atomic mass is 10.1. The third kappa shape index (κ3) is 5.31. The Morgan fingerprint density at radius 1 is 1.00 bits per heavy atom. The van der Waals surface area contributed by atoms with Gasteiger partial charge >= 0.3 is 0 Å². The van der Waals surface area contributed by atoms with E-state index in [0.717, 1.165) is 10.5 Å². The van der Waals surface area contributed by atoms with Crippen molar-refractivity contribution in [2.24, 2.45) is 0 Å². The zero-order valence-corrected chi connectivity index (χ0v) is 20.0. The van der Waals surface area contributed by atoms with Crippen LogP contribution in [0.4, 0.5) is 11.4 Å². The van der Waals surface area contributed by atoms with Crippen LogP contribution in [0, 0.1) is 0 Å². The summed E-state index contributed by atoms with van der Waals surface area (Å²) in [7, 11) is 1.65. The normalized spacial score (nSPS) is 16.1. The zero-order valence-electron chi connectivity index (χ0n) is 19.2. The maximum Gasteiger partial charge on any atom is 0.246 e. The molecule has 1 heterocycles. The second kappa shape index (κ2) is 10.6. The molecule has 34 heavy (non-hydrogen) atoms. The average molecular weight is 474 g/mol. The molecule has 0 radical (unpaired) electrons. The number of rotatable bonds is 6. The summed E-state index contributed by atoms with van der Waals surface area (Å²) < 4.78 is 0. The molecule has 0 bridgehead atoms. The Morgan fingerprint density at radius 3 is 2.32 bits per heavy atom. The van der Waals surface area contributed by atoms with E-state index in [4.69, 9.17) is 0 Å². The van der Waals surface area contributed by atoms with Crippen LogP contribution < -0.4 is 10.2 Å².